The molecule has 1 aliphatic rings. The molecule has 0 spiro atoms. The van der Waals surface area contributed by atoms with Crippen molar-refractivity contribution in [3.63, 3.8) is 0 Å². The van der Waals surface area contributed by atoms with Gasteiger partial charge in [0.05, 0.1) is 0 Å². The minimum absolute atomic E-state index is 0.0480. The zero-order chi connectivity index (χ0) is 20.9. The Hall–Kier alpha value is -2.19. The van der Waals surface area contributed by atoms with Crippen molar-refractivity contribution in [3.8, 4) is 0 Å². The quantitative estimate of drug-likeness (QED) is 0.518. The second kappa shape index (κ2) is 9.54. The van der Waals surface area contributed by atoms with Crippen LogP contribution in [0.15, 0.2) is 48.5 Å². The molecule has 0 aromatic heterocycles. The number of hydrogen-bond acceptors (Lipinski definition) is 3. The number of para-hydroxylation sites is 1. The van der Waals surface area contributed by atoms with Crippen LogP contribution in [-0.4, -0.2) is 36.0 Å². The molecule has 1 aliphatic heterocycles. The molecule has 156 valence electrons. The van der Waals surface area contributed by atoms with Crippen LogP contribution in [0.5, 0.6) is 0 Å². The normalized spacial score (nSPS) is 17.3. The monoisotopic (exact) mass is 413 g/mol. The first-order valence-electron chi connectivity index (χ1n) is 10.5. The average molecular weight is 413 g/mol. The first kappa shape index (κ1) is 21.5. The Kier molecular flexibility index (Phi) is 7.08. The van der Waals surface area contributed by atoms with Crippen molar-refractivity contribution in [1.29, 1.82) is 0 Å². The molecular formula is C24H32NO3P. The number of carbonyl (C=O) groups excluding carboxylic acids is 2. The molecule has 0 saturated carbocycles. The first-order valence-corrected chi connectivity index (χ1v) is 13.2. The van der Waals surface area contributed by atoms with E-state index in [1.54, 1.807) is 0 Å². The van der Waals surface area contributed by atoms with Gasteiger partial charge in [0.15, 0.2) is 0 Å². The fraction of sp³-hybridized carbons (Fsp3) is 0.417. The maximum absolute atomic E-state index is 13.1. The number of aryl methyl sites for hydroxylation is 2. The van der Waals surface area contributed by atoms with E-state index in [0.29, 0.717) is 12.8 Å². The molecule has 1 amide bonds. The van der Waals surface area contributed by atoms with Crippen molar-refractivity contribution in [1.82, 2.24) is 0 Å². The van der Waals surface area contributed by atoms with Gasteiger partial charge in [-0.2, -0.15) is 0 Å². The van der Waals surface area contributed by atoms with Crippen LogP contribution in [0.4, 0.5) is 5.69 Å². The van der Waals surface area contributed by atoms with Gasteiger partial charge in [0.1, 0.15) is 0 Å². The Morgan fingerprint density at radius 2 is 1.62 bits per heavy atom. The molecule has 1 saturated heterocycles. The van der Waals surface area contributed by atoms with Gasteiger partial charge < -0.3 is 0 Å². The van der Waals surface area contributed by atoms with Crippen LogP contribution in [0.3, 0.4) is 0 Å². The minimum atomic E-state index is -2.08. The van der Waals surface area contributed by atoms with E-state index in [4.69, 9.17) is 4.74 Å². The van der Waals surface area contributed by atoms with E-state index in [9.17, 15) is 9.59 Å². The van der Waals surface area contributed by atoms with Crippen LogP contribution in [0.2, 0.25) is 0 Å². The number of rotatable bonds is 7. The summed E-state index contributed by atoms with van der Waals surface area (Å²) >= 11 is 0. The second-order valence-corrected chi connectivity index (χ2v) is 13.3. The molecular weight excluding hydrogens is 381 g/mol. The van der Waals surface area contributed by atoms with Crippen LogP contribution in [0.1, 0.15) is 36.5 Å². The van der Waals surface area contributed by atoms with Crippen LogP contribution in [0.25, 0.3) is 0 Å². The van der Waals surface area contributed by atoms with Crippen molar-refractivity contribution < 1.29 is 14.3 Å². The van der Waals surface area contributed by atoms with Crippen molar-refractivity contribution in [2.75, 3.05) is 23.8 Å². The molecule has 2 aromatic rings. The molecule has 3 rings (SSSR count). The van der Waals surface area contributed by atoms with Gasteiger partial charge in [-0.25, -0.2) is 0 Å². The van der Waals surface area contributed by atoms with Gasteiger partial charge in [0, 0.05) is 0 Å². The Balaban J connectivity index is 1.67. The van der Waals surface area contributed by atoms with E-state index < -0.39 is 7.26 Å². The van der Waals surface area contributed by atoms with E-state index in [1.807, 2.05) is 69.3 Å². The molecule has 1 atom stereocenters. The van der Waals surface area contributed by atoms with Crippen molar-refractivity contribution >= 4 is 24.8 Å². The van der Waals surface area contributed by atoms with E-state index in [-0.39, 0.29) is 17.5 Å². The van der Waals surface area contributed by atoms with Crippen molar-refractivity contribution in [2.24, 2.45) is 0 Å². The van der Waals surface area contributed by atoms with Crippen molar-refractivity contribution in [3.05, 3.63) is 65.2 Å². The van der Waals surface area contributed by atoms with Crippen LogP contribution in [0, 0.1) is 13.8 Å². The third-order valence-electron chi connectivity index (χ3n) is 6.38. The molecule has 0 bridgehead atoms. The SMILES string of the molecule is Cc1cccc(C)c1NC(=O)C(C)[PH]1(CC(=O)OCc2ccccc2)CCCC1. The molecule has 0 radical (unpaired) electrons. The Bertz CT molecular complexity index is 839. The van der Waals surface area contributed by atoms with Gasteiger partial charge in [-0.05, 0) is 0 Å². The van der Waals surface area contributed by atoms with Crippen molar-refractivity contribution in [2.45, 2.75) is 45.9 Å². The fourth-order valence-electron chi connectivity index (χ4n) is 4.44. The Labute approximate surface area is 174 Å². The molecule has 1 fully saturated rings. The zero-order valence-corrected chi connectivity index (χ0v) is 18.7. The molecule has 1 heterocycles. The van der Waals surface area contributed by atoms with E-state index >= 15 is 0 Å². The Morgan fingerprint density at radius 1 is 1.00 bits per heavy atom. The predicted molar refractivity (Wildman–Crippen MR) is 122 cm³/mol. The summed E-state index contributed by atoms with van der Waals surface area (Å²) in [6.07, 6.45) is 4.70. The summed E-state index contributed by atoms with van der Waals surface area (Å²) < 4.78 is 5.57. The number of amides is 1. The number of hydrogen-bond donors (Lipinski definition) is 1. The number of carbonyl (C=O) groups is 2. The molecule has 0 aliphatic carbocycles. The topological polar surface area (TPSA) is 55.4 Å². The van der Waals surface area contributed by atoms with Crippen LogP contribution >= 0.6 is 7.26 Å². The second-order valence-electron chi connectivity index (χ2n) is 8.37. The van der Waals surface area contributed by atoms with E-state index in [0.717, 1.165) is 47.5 Å². The molecule has 5 heteroatoms. The summed E-state index contributed by atoms with van der Waals surface area (Å²) in [7, 11) is -2.08. The summed E-state index contributed by atoms with van der Waals surface area (Å²) in [6.45, 7) is 6.34. The first-order chi connectivity index (χ1) is 13.9. The predicted octanol–water partition coefficient (Wildman–Crippen LogP) is 4.92. The summed E-state index contributed by atoms with van der Waals surface area (Å²) in [5.74, 6) is -0.110. The van der Waals surface area contributed by atoms with Gasteiger partial charge in [0.2, 0.25) is 0 Å². The van der Waals surface area contributed by atoms with Gasteiger partial charge in [-0.1, -0.05) is 0 Å². The van der Waals surface area contributed by atoms with Crippen LogP contribution in [-0.2, 0) is 20.9 Å². The molecule has 29 heavy (non-hydrogen) atoms. The number of benzene rings is 2. The van der Waals surface area contributed by atoms with Gasteiger partial charge in [-0.3, -0.25) is 0 Å². The third-order valence-corrected chi connectivity index (χ3v) is 12.2. The molecule has 1 unspecified atom stereocenters. The number of nitrogens with one attached hydrogen (secondary N) is 1. The standard InChI is InChI=1S/C24H32NO3P/c1-18-10-9-11-19(2)23(18)25-24(27)20(3)29(14-7-8-15-29)17-22(26)28-16-21-12-5-4-6-13-21/h4-6,9-13,20,29H,7-8,14-17H2,1-3H3,(H,25,27). The molecule has 1 N–H and O–H groups in total. The maximum atomic E-state index is 13.1. The Morgan fingerprint density at radius 3 is 2.24 bits per heavy atom. The zero-order valence-electron chi connectivity index (χ0n) is 17.7. The van der Waals surface area contributed by atoms with Gasteiger partial charge in [0.25, 0.3) is 0 Å². The third kappa shape index (κ3) is 5.25. The fourth-order valence-corrected chi connectivity index (χ4v) is 9.43. The molecule has 4 nitrogen and oxygen atoms in total. The molecule has 2 aromatic carbocycles. The summed E-state index contributed by atoms with van der Waals surface area (Å²) in [5.41, 5.74) is 3.90. The number of anilines is 1. The number of esters is 1. The summed E-state index contributed by atoms with van der Waals surface area (Å²) in [4.78, 5) is 25.8. The van der Waals surface area contributed by atoms with Gasteiger partial charge in [-0.15, -0.1) is 0 Å². The number of ether oxygens (including phenoxy) is 1. The van der Waals surface area contributed by atoms with E-state index in [1.165, 1.54) is 0 Å². The summed E-state index contributed by atoms with van der Waals surface area (Å²) in [6, 6.07) is 15.8. The summed E-state index contributed by atoms with van der Waals surface area (Å²) in [5, 5.41) is 3.15. The van der Waals surface area contributed by atoms with Crippen LogP contribution < -0.4 is 5.32 Å². The van der Waals surface area contributed by atoms with Gasteiger partial charge >= 0.3 is 174 Å². The average Bonchev–Trinajstić information content (AvgIpc) is 3.19. The van der Waals surface area contributed by atoms with E-state index in [2.05, 4.69) is 5.32 Å².